The van der Waals surface area contributed by atoms with Crippen LogP contribution in [0.15, 0.2) is 54.6 Å². The number of benzene rings is 3. The quantitative estimate of drug-likeness (QED) is 0.757. The van der Waals surface area contributed by atoms with E-state index < -0.39 is 17.5 Å². The van der Waals surface area contributed by atoms with E-state index in [1.165, 1.54) is 6.07 Å². The highest BCUT2D eigenvalue weighted by Crippen LogP contribution is 2.25. The highest BCUT2D eigenvalue weighted by atomic mass is 19.2. The van der Waals surface area contributed by atoms with Gasteiger partial charge in [0, 0.05) is 11.8 Å². The summed E-state index contributed by atoms with van der Waals surface area (Å²) in [7, 11) is 1.59. The number of halogens is 2. The zero-order chi connectivity index (χ0) is 17.8. The molecule has 0 spiro atoms. The zero-order valence-corrected chi connectivity index (χ0v) is 13.4. The van der Waals surface area contributed by atoms with Crippen LogP contribution in [0.3, 0.4) is 0 Å². The minimum atomic E-state index is -1.03. The number of hydrogen-bond acceptors (Lipinski definition) is 3. The molecule has 0 unspecified atom stereocenters. The van der Waals surface area contributed by atoms with Gasteiger partial charge in [0.25, 0.3) is 5.91 Å². The maximum Gasteiger partial charge on any atom is 0.262 e. The number of rotatable bonds is 5. The lowest BCUT2D eigenvalue weighted by molar-refractivity contribution is -0.118. The molecule has 0 radical (unpaired) electrons. The number of amides is 1. The Balaban J connectivity index is 1.65. The fourth-order valence-electron chi connectivity index (χ4n) is 2.34. The average Bonchev–Trinajstić information content (AvgIpc) is 2.62. The van der Waals surface area contributed by atoms with Crippen LogP contribution >= 0.6 is 0 Å². The zero-order valence-electron chi connectivity index (χ0n) is 13.4. The molecule has 0 aromatic heterocycles. The number of nitrogens with one attached hydrogen (secondary N) is 1. The first kappa shape index (κ1) is 16.7. The topological polar surface area (TPSA) is 47.6 Å². The monoisotopic (exact) mass is 343 g/mol. The number of hydrogen-bond donors (Lipinski definition) is 1. The van der Waals surface area contributed by atoms with Gasteiger partial charge < -0.3 is 14.8 Å². The van der Waals surface area contributed by atoms with Crippen LogP contribution in [0.2, 0.25) is 0 Å². The lowest BCUT2D eigenvalue weighted by atomic mass is 10.1. The van der Waals surface area contributed by atoms with Crippen molar-refractivity contribution in [3.8, 4) is 11.5 Å². The van der Waals surface area contributed by atoms with E-state index in [1.807, 2.05) is 24.3 Å². The molecule has 3 rings (SSSR count). The molecule has 25 heavy (non-hydrogen) atoms. The Bertz CT molecular complexity index is 928. The molecule has 0 aliphatic heterocycles. The molecule has 0 aliphatic rings. The van der Waals surface area contributed by atoms with Gasteiger partial charge in [0.2, 0.25) is 0 Å². The normalized spacial score (nSPS) is 10.5. The summed E-state index contributed by atoms with van der Waals surface area (Å²) < 4.78 is 36.6. The highest BCUT2D eigenvalue weighted by molar-refractivity contribution is 5.92. The Morgan fingerprint density at radius 3 is 2.36 bits per heavy atom. The van der Waals surface area contributed by atoms with Gasteiger partial charge in [-0.15, -0.1) is 0 Å². The summed E-state index contributed by atoms with van der Waals surface area (Å²) in [6.45, 7) is -0.255. The first-order chi connectivity index (χ1) is 12.0. The van der Waals surface area contributed by atoms with Crippen molar-refractivity contribution in [1.29, 1.82) is 0 Å². The summed E-state index contributed by atoms with van der Waals surface area (Å²) in [6.07, 6.45) is 0. The third-order valence-corrected chi connectivity index (χ3v) is 3.59. The molecule has 0 aliphatic carbocycles. The molecule has 0 atom stereocenters. The van der Waals surface area contributed by atoms with Gasteiger partial charge >= 0.3 is 0 Å². The summed E-state index contributed by atoms with van der Waals surface area (Å²) in [4.78, 5) is 11.9. The molecule has 0 fully saturated rings. The Morgan fingerprint density at radius 2 is 1.64 bits per heavy atom. The fraction of sp³-hybridized carbons (Fsp3) is 0.105. The highest BCUT2D eigenvalue weighted by Gasteiger charge is 2.07. The van der Waals surface area contributed by atoms with Crippen LogP contribution in [0.5, 0.6) is 11.5 Å². The van der Waals surface area contributed by atoms with E-state index >= 15 is 0 Å². The van der Waals surface area contributed by atoms with E-state index in [0.29, 0.717) is 5.75 Å². The van der Waals surface area contributed by atoms with E-state index in [9.17, 15) is 13.6 Å². The molecule has 3 aromatic rings. The van der Waals surface area contributed by atoms with Crippen molar-refractivity contribution in [1.82, 2.24) is 0 Å². The van der Waals surface area contributed by atoms with Crippen LogP contribution in [-0.4, -0.2) is 19.6 Å². The number of carbonyl (C=O) groups excluding carboxylic acids is 1. The predicted octanol–water partition coefficient (Wildman–Crippen LogP) is 4.14. The van der Waals surface area contributed by atoms with Gasteiger partial charge in [0.05, 0.1) is 7.11 Å². The van der Waals surface area contributed by atoms with Crippen LogP contribution in [0.4, 0.5) is 14.5 Å². The maximum absolute atomic E-state index is 13.1. The molecule has 1 N–H and O–H groups in total. The molecule has 3 aromatic carbocycles. The fourth-order valence-corrected chi connectivity index (χ4v) is 2.34. The first-order valence-electron chi connectivity index (χ1n) is 7.50. The molecule has 0 bridgehead atoms. The van der Waals surface area contributed by atoms with Crippen molar-refractivity contribution < 1.29 is 23.0 Å². The number of anilines is 1. The second-order valence-electron chi connectivity index (χ2n) is 5.34. The SMILES string of the molecule is COc1ccc2ccc(OCC(=O)Nc3ccc(F)c(F)c3)cc2c1. The summed E-state index contributed by atoms with van der Waals surface area (Å²) in [5.74, 6) is -1.23. The van der Waals surface area contributed by atoms with Gasteiger partial charge in [-0.2, -0.15) is 0 Å². The summed E-state index contributed by atoms with van der Waals surface area (Å²) in [5.41, 5.74) is 0.163. The minimum absolute atomic E-state index is 0.163. The number of methoxy groups -OCH3 is 1. The van der Waals surface area contributed by atoms with E-state index in [2.05, 4.69) is 5.32 Å². The Morgan fingerprint density at radius 1 is 0.920 bits per heavy atom. The molecule has 4 nitrogen and oxygen atoms in total. The van der Waals surface area contributed by atoms with E-state index in [1.54, 1.807) is 19.2 Å². The minimum Gasteiger partial charge on any atom is -0.497 e. The smallest absolute Gasteiger partial charge is 0.262 e. The summed E-state index contributed by atoms with van der Waals surface area (Å²) >= 11 is 0. The van der Waals surface area contributed by atoms with Gasteiger partial charge in [-0.3, -0.25) is 4.79 Å². The molecular weight excluding hydrogens is 328 g/mol. The van der Waals surface area contributed by atoms with Crippen molar-refractivity contribution in [3.05, 3.63) is 66.2 Å². The van der Waals surface area contributed by atoms with Gasteiger partial charge in [-0.05, 0) is 47.2 Å². The second kappa shape index (κ2) is 7.17. The maximum atomic E-state index is 13.1. The number of carbonyl (C=O) groups is 1. The Kier molecular flexibility index (Phi) is 4.79. The lowest BCUT2D eigenvalue weighted by Crippen LogP contribution is -2.20. The summed E-state index contributed by atoms with van der Waals surface area (Å²) in [5, 5.41) is 4.37. The van der Waals surface area contributed by atoms with Gasteiger partial charge in [-0.1, -0.05) is 12.1 Å². The first-order valence-corrected chi connectivity index (χ1v) is 7.50. The largest absolute Gasteiger partial charge is 0.497 e. The van der Waals surface area contributed by atoms with Crippen molar-refractivity contribution in [2.45, 2.75) is 0 Å². The summed E-state index contributed by atoms with van der Waals surface area (Å²) in [6, 6.07) is 14.2. The van der Waals surface area contributed by atoms with Gasteiger partial charge in [0.15, 0.2) is 18.2 Å². The number of fused-ring (bicyclic) bond motifs is 1. The van der Waals surface area contributed by atoms with E-state index in [4.69, 9.17) is 9.47 Å². The van der Waals surface area contributed by atoms with E-state index in [-0.39, 0.29) is 12.3 Å². The molecule has 128 valence electrons. The van der Waals surface area contributed by atoms with Crippen molar-refractivity contribution in [2.75, 3.05) is 19.0 Å². The number of ether oxygens (including phenoxy) is 2. The molecule has 0 saturated carbocycles. The van der Waals surface area contributed by atoms with Crippen LogP contribution < -0.4 is 14.8 Å². The molecule has 0 heterocycles. The van der Waals surface area contributed by atoms with Crippen molar-refractivity contribution in [3.63, 3.8) is 0 Å². The third-order valence-electron chi connectivity index (χ3n) is 3.59. The van der Waals surface area contributed by atoms with Crippen LogP contribution in [0.25, 0.3) is 10.8 Å². The average molecular weight is 343 g/mol. The van der Waals surface area contributed by atoms with Crippen LogP contribution in [-0.2, 0) is 4.79 Å². The van der Waals surface area contributed by atoms with Crippen molar-refractivity contribution in [2.24, 2.45) is 0 Å². The lowest BCUT2D eigenvalue weighted by Gasteiger charge is -2.09. The van der Waals surface area contributed by atoms with Gasteiger partial charge in [-0.25, -0.2) is 8.78 Å². The Hall–Kier alpha value is -3.15. The predicted molar refractivity (Wildman–Crippen MR) is 91.0 cm³/mol. The standard InChI is InChI=1S/C19H15F2NO3/c1-24-15-5-2-12-3-6-16(9-13(12)8-15)25-11-19(23)22-14-4-7-17(20)18(21)10-14/h2-10H,11H2,1H3,(H,22,23). The molecule has 0 saturated heterocycles. The van der Waals surface area contributed by atoms with Crippen LogP contribution in [0.1, 0.15) is 0 Å². The third kappa shape index (κ3) is 4.03. The van der Waals surface area contributed by atoms with Crippen LogP contribution in [0, 0.1) is 11.6 Å². The Labute approximate surface area is 143 Å². The molecular formula is C19H15F2NO3. The molecule has 6 heteroatoms. The van der Waals surface area contributed by atoms with Gasteiger partial charge in [0.1, 0.15) is 11.5 Å². The van der Waals surface area contributed by atoms with Crippen molar-refractivity contribution >= 4 is 22.4 Å². The van der Waals surface area contributed by atoms with E-state index in [0.717, 1.165) is 28.7 Å². The second-order valence-corrected chi connectivity index (χ2v) is 5.34. The molecule has 1 amide bonds.